The Bertz CT molecular complexity index is 1280. The average Bonchev–Trinajstić information content (AvgIpc) is 3.58. The third-order valence-electron chi connectivity index (χ3n) is 6.39. The normalized spacial score (nSPS) is 15.2. The quantitative estimate of drug-likeness (QED) is 0.354. The molecule has 9 heteroatoms. The maximum Gasteiger partial charge on any atom is 0.263 e. The molecule has 0 bridgehead atoms. The number of benzene rings is 1. The fraction of sp³-hybridized carbons (Fsp3) is 0.480. The van der Waals surface area contributed by atoms with Crippen LogP contribution < -0.4 is 20.3 Å². The van der Waals surface area contributed by atoms with E-state index in [2.05, 4.69) is 5.32 Å². The Balaban J connectivity index is 1.46. The van der Waals surface area contributed by atoms with Crippen LogP contribution in [0.3, 0.4) is 0 Å². The molecule has 7 nitrogen and oxygen atoms in total. The highest BCUT2D eigenvalue weighted by molar-refractivity contribution is 7.99. The van der Waals surface area contributed by atoms with Crippen LogP contribution in [0.5, 0.6) is 11.5 Å². The van der Waals surface area contributed by atoms with E-state index in [1.165, 1.54) is 22.2 Å². The van der Waals surface area contributed by atoms with Gasteiger partial charge in [-0.3, -0.25) is 14.2 Å². The number of thioether (sulfide) groups is 1. The van der Waals surface area contributed by atoms with E-state index in [1.807, 2.05) is 18.2 Å². The molecule has 5 rings (SSSR count). The average molecular weight is 500 g/mol. The number of rotatable bonds is 9. The molecule has 2 aliphatic rings. The van der Waals surface area contributed by atoms with Crippen LogP contribution in [0.25, 0.3) is 10.2 Å². The van der Waals surface area contributed by atoms with Crippen LogP contribution in [0.1, 0.15) is 41.7 Å². The fourth-order valence-corrected chi connectivity index (χ4v) is 6.57. The minimum atomic E-state index is -0.00115. The summed E-state index contributed by atoms with van der Waals surface area (Å²) in [5.74, 6) is 1.60. The Kier molecular flexibility index (Phi) is 6.83. The second-order valence-electron chi connectivity index (χ2n) is 8.81. The first-order valence-corrected chi connectivity index (χ1v) is 13.6. The van der Waals surface area contributed by atoms with Crippen LogP contribution in [0.2, 0.25) is 0 Å². The van der Waals surface area contributed by atoms with Crippen molar-refractivity contribution in [3.05, 3.63) is 44.6 Å². The molecule has 1 aromatic carbocycles. The summed E-state index contributed by atoms with van der Waals surface area (Å²) in [6.45, 7) is 0.481. The van der Waals surface area contributed by atoms with Gasteiger partial charge in [0.2, 0.25) is 5.91 Å². The summed E-state index contributed by atoms with van der Waals surface area (Å²) in [7, 11) is 3.23. The third-order valence-corrected chi connectivity index (χ3v) is 8.55. The number of hydrogen-bond donors (Lipinski definition) is 1. The van der Waals surface area contributed by atoms with Crippen molar-refractivity contribution in [2.45, 2.75) is 62.7 Å². The van der Waals surface area contributed by atoms with Crippen LogP contribution in [-0.2, 0) is 30.6 Å². The maximum atomic E-state index is 13.7. The predicted molar refractivity (Wildman–Crippen MR) is 136 cm³/mol. The second kappa shape index (κ2) is 10.00. The van der Waals surface area contributed by atoms with Gasteiger partial charge in [0.05, 0.1) is 25.4 Å². The fourth-order valence-electron chi connectivity index (χ4n) is 4.43. The first-order chi connectivity index (χ1) is 16.6. The monoisotopic (exact) mass is 499 g/mol. The Labute approximate surface area is 206 Å². The predicted octanol–water partition coefficient (Wildman–Crippen LogP) is 3.97. The molecule has 2 heterocycles. The van der Waals surface area contributed by atoms with Gasteiger partial charge in [0.25, 0.3) is 5.56 Å². The van der Waals surface area contributed by atoms with Crippen molar-refractivity contribution in [2.75, 3.05) is 20.0 Å². The van der Waals surface area contributed by atoms with E-state index in [0.717, 1.165) is 54.3 Å². The Morgan fingerprint density at radius 1 is 1.21 bits per heavy atom. The first kappa shape index (κ1) is 23.2. The molecule has 1 saturated carbocycles. The van der Waals surface area contributed by atoms with E-state index in [9.17, 15) is 9.59 Å². The molecule has 2 aliphatic carbocycles. The van der Waals surface area contributed by atoms with E-state index < -0.39 is 0 Å². The first-order valence-electron chi connectivity index (χ1n) is 11.8. The highest BCUT2D eigenvalue weighted by atomic mass is 32.2. The highest BCUT2D eigenvalue weighted by Gasteiger charge is 2.25. The number of fused-ring (bicyclic) bond motifs is 3. The zero-order chi connectivity index (χ0) is 23.7. The zero-order valence-electron chi connectivity index (χ0n) is 19.5. The number of nitrogens with zero attached hydrogens (tertiary/aromatic N) is 2. The lowest BCUT2D eigenvalue weighted by atomic mass is 9.97. The molecule has 0 aliphatic heterocycles. The van der Waals surface area contributed by atoms with Crippen LogP contribution >= 0.6 is 23.1 Å². The number of aromatic nitrogens is 2. The lowest BCUT2D eigenvalue weighted by Gasteiger charge is -2.14. The minimum absolute atomic E-state index is 0.00115. The van der Waals surface area contributed by atoms with Gasteiger partial charge in [-0.25, -0.2) is 4.98 Å². The molecule has 0 saturated heterocycles. The topological polar surface area (TPSA) is 82.5 Å². The number of hydrogen-bond acceptors (Lipinski definition) is 7. The molecule has 1 fully saturated rings. The van der Waals surface area contributed by atoms with Gasteiger partial charge < -0.3 is 14.8 Å². The molecule has 0 spiro atoms. The maximum absolute atomic E-state index is 13.7. The molecule has 0 unspecified atom stereocenters. The number of thiophene rings is 1. The van der Waals surface area contributed by atoms with Gasteiger partial charge in [0, 0.05) is 17.5 Å². The molecule has 180 valence electrons. The van der Waals surface area contributed by atoms with Crippen LogP contribution in [0.15, 0.2) is 28.2 Å². The van der Waals surface area contributed by atoms with Gasteiger partial charge in [0.1, 0.15) is 4.83 Å². The van der Waals surface area contributed by atoms with E-state index >= 15 is 0 Å². The van der Waals surface area contributed by atoms with Gasteiger partial charge in [-0.2, -0.15) is 0 Å². The Hall–Kier alpha value is -2.52. The van der Waals surface area contributed by atoms with Crippen molar-refractivity contribution in [1.82, 2.24) is 14.9 Å². The van der Waals surface area contributed by atoms with Gasteiger partial charge in [-0.05, 0) is 68.2 Å². The van der Waals surface area contributed by atoms with Crippen molar-refractivity contribution in [2.24, 2.45) is 0 Å². The SMILES string of the molecule is COc1ccc(CCn2c(SCC(=O)NC3CC3)nc3sc4c(c3c2=O)CCCC4)cc1OC. The summed E-state index contributed by atoms with van der Waals surface area (Å²) in [6, 6.07) is 6.13. The van der Waals surface area contributed by atoms with Crippen molar-refractivity contribution >= 4 is 39.2 Å². The van der Waals surface area contributed by atoms with E-state index in [1.54, 1.807) is 30.1 Å². The van der Waals surface area contributed by atoms with E-state index in [0.29, 0.717) is 35.7 Å². The summed E-state index contributed by atoms with van der Waals surface area (Å²) < 4.78 is 12.5. The molecule has 1 N–H and O–H groups in total. The van der Waals surface area contributed by atoms with Crippen LogP contribution in [0, 0.1) is 0 Å². The standard InChI is InChI=1S/C25H29N3O4S2/c1-31-18-10-7-15(13-19(18)32-2)11-12-28-24(30)22-17-5-3-4-6-20(17)34-23(22)27-25(28)33-14-21(29)26-16-8-9-16/h7,10,13,16H,3-6,8-9,11-12,14H2,1-2H3,(H,26,29). The number of carbonyl (C=O) groups is 1. The van der Waals surface area contributed by atoms with Gasteiger partial charge in [-0.15, -0.1) is 11.3 Å². The molecular weight excluding hydrogens is 470 g/mol. The Morgan fingerprint density at radius 2 is 2.00 bits per heavy atom. The second-order valence-corrected chi connectivity index (χ2v) is 10.8. The van der Waals surface area contributed by atoms with Gasteiger partial charge in [0.15, 0.2) is 16.7 Å². The molecule has 1 amide bonds. The summed E-state index contributed by atoms with van der Waals surface area (Å²) >= 11 is 3.00. The lowest BCUT2D eigenvalue weighted by molar-refractivity contribution is -0.118. The van der Waals surface area contributed by atoms with Crippen molar-refractivity contribution < 1.29 is 14.3 Å². The molecule has 34 heavy (non-hydrogen) atoms. The van der Waals surface area contributed by atoms with E-state index in [4.69, 9.17) is 14.5 Å². The third kappa shape index (κ3) is 4.81. The Morgan fingerprint density at radius 3 is 2.76 bits per heavy atom. The number of aryl methyl sites for hydroxylation is 3. The molecular formula is C25H29N3O4S2. The van der Waals surface area contributed by atoms with Crippen molar-refractivity contribution in [1.29, 1.82) is 0 Å². The molecule has 2 aromatic heterocycles. The zero-order valence-corrected chi connectivity index (χ0v) is 21.2. The smallest absolute Gasteiger partial charge is 0.263 e. The van der Waals surface area contributed by atoms with Crippen molar-refractivity contribution in [3.63, 3.8) is 0 Å². The minimum Gasteiger partial charge on any atom is -0.493 e. The van der Waals surface area contributed by atoms with Crippen molar-refractivity contribution in [3.8, 4) is 11.5 Å². The summed E-state index contributed by atoms with van der Waals surface area (Å²) in [4.78, 5) is 33.1. The number of methoxy groups -OCH3 is 2. The molecule has 3 aromatic rings. The van der Waals surface area contributed by atoms with Crippen LogP contribution in [0.4, 0.5) is 0 Å². The molecule has 0 atom stereocenters. The van der Waals surface area contributed by atoms with Crippen LogP contribution in [-0.4, -0.2) is 41.5 Å². The lowest BCUT2D eigenvalue weighted by Crippen LogP contribution is -2.28. The van der Waals surface area contributed by atoms with Gasteiger partial charge >= 0.3 is 0 Å². The van der Waals surface area contributed by atoms with Gasteiger partial charge in [-0.1, -0.05) is 17.8 Å². The number of ether oxygens (including phenoxy) is 2. The largest absolute Gasteiger partial charge is 0.493 e. The van der Waals surface area contributed by atoms with E-state index in [-0.39, 0.29) is 17.2 Å². The summed E-state index contributed by atoms with van der Waals surface area (Å²) in [6.07, 6.45) is 6.99. The number of carbonyl (C=O) groups excluding carboxylic acids is 1. The summed E-state index contributed by atoms with van der Waals surface area (Å²) in [5, 5.41) is 4.41. The summed E-state index contributed by atoms with van der Waals surface area (Å²) in [5.41, 5.74) is 2.24. The molecule has 0 radical (unpaired) electrons. The highest BCUT2D eigenvalue weighted by Crippen LogP contribution is 2.35. The number of nitrogens with one attached hydrogen (secondary N) is 1. The number of amides is 1.